The highest BCUT2D eigenvalue weighted by Gasteiger charge is 2.05. The normalized spacial score (nSPS) is 10.4. The molecule has 0 fully saturated rings. The average Bonchev–Trinajstić information content (AvgIpc) is 2.53. The Balaban J connectivity index is 2.12. The molecule has 0 unspecified atom stereocenters. The summed E-state index contributed by atoms with van der Waals surface area (Å²) in [6, 6.07) is 20.2. The molecule has 0 radical (unpaired) electrons. The Bertz CT molecular complexity index is 775. The first-order valence-corrected chi connectivity index (χ1v) is 6.44. The Hall–Kier alpha value is -2.61. The van der Waals surface area contributed by atoms with Gasteiger partial charge in [0.1, 0.15) is 5.75 Å². The van der Waals surface area contributed by atoms with Gasteiger partial charge in [-0.15, -0.1) is 0 Å². The number of benzene rings is 3. The Morgan fingerprint density at radius 1 is 0.850 bits per heavy atom. The van der Waals surface area contributed by atoms with Crippen LogP contribution in [-0.2, 0) is 0 Å². The van der Waals surface area contributed by atoms with Crippen molar-refractivity contribution in [1.82, 2.24) is 0 Å². The summed E-state index contributed by atoms with van der Waals surface area (Å²) in [4.78, 5) is 10.9. The zero-order valence-corrected chi connectivity index (χ0v) is 11.2. The molecule has 0 saturated carbocycles. The van der Waals surface area contributed by atoms with Crippen LogP contribution in [0.4, 0.5) is 0 Å². The van der Waals surface area contributed by atoms with E-state index >= 15 is 0 Å². The predicted molar refractivity (Wildman–Crippen MR) is 81.3 cm³/mol. The number of hydrogen-bond acceptors (Lipinski definition) is 2. The number of aldehydes is 1. The van der Waals surface area contributed by atoms with Crippen molar-refractivity contribution < 1.29 is 9.53 Å². The highest BCUT2D eigenvalue weighted by molar-refractivity contribution is 5.88. The van der Waals surface area contributed by atoms with Crippen LogP contribution in [0.25, 0.3) is 21.9 Å². The van der Waals surface area contributed by atoms with Crippen LogP contribution >= 0.6 is 0 Å². The third-order valence-electron chi connectivity index (χ3n) is 3.44. The van der Waals surface area contributed by atoms with Gasteiger partial charge in [0.15, 0.2) is 6.29 Å². The minimum Gasteiger partial charge on any atom is -0.496 e. The molecule has 2 nitrogen and oxygen atoms in total. The summed E-state index contributed by atoms with van der Waals surface area (Å²) in [6.45, 7) is 0. The van der Waals surface area contributed by atoms with E-state index in [1.54, 1.807) is 13.2 Å². The Kier molecular flexibility index (Phi) is 3.21. The lowest BCUT2D eigenvalue weighted by Gasteiger charge is -2.08. The van der Waals surface area contributed by atoms with Gasteiger partial charge < -0.3 is 4.74 Å². The lowest BCUT2D eigenvalue weighted by molar-refractivity contribution is 0.112. The summed E-state index contributed by atoms with van der Waals surface area (Å²) in [5, 5.41) is 2.41. The molecule has 2 heteroatoms. The van der Waals surface area contributed by atoms with Crippen LogP contribution in [0.1, 0.15) is 10.4 Å². The largest absolute Gasteiger partial charge is 0.496 e. The fourth-order valence-corrected chi connectivity index (χ4v) is 2.36. The van der Waals surface area contributed by atoms with Gasteiger partial charge in [-0.3, -0.25) is 4.79 Å². The van der Waals surface area contributed by atoms with Crippen molar-refractivity contribution in [3.05, 3.63) is 66.2 Å². The molecule has 0 saturated heterocycles. The molecule has 3 rings (SSSR count). The van der Waals surface area contributed by atoms with Crippen LogP contribution in [0.5, 0.6) is 5.75 Å². The molecule has 3 aromatic carbocycles. The first-order valence-electron chi connectivity index (χ1n) is 6.44. The summed E-state index contributed by atoms with van der Waals surface area (Å²) in [7, 11) is 1.58. The molecule has 0 aromatic heterocycles. The summed E-state index contributed by atoms with van der Waals surface area (Å²) in [6.07, 6.45) is 0.809. The van der Waals surface area contributed by atoms with E-state index in [-0.39, 0.29) is 0 Å². The van der Waals surface area contributed by atoms with Gasteiger partial charge in [-0.1, -0.05) is 42.5 Å². The Labute approximate surface area is 117 Å². The van der Waals surface area contributed by atoms with Crippen molar-refractivity contribution in [2.45, 2.75) is 0 Å². The summed E-state index contributed by atoms with van der Waals surface area (Å²) >= 11 is 0. The number of carbonyl (C=O) groups excluding carboxylic acids is 1. The SMILES string of the molecule is COc1cc(-c2ccc3ccccc3c2)ccc1C=O. The topological polar surface area (TPSA) is 26.3 Å². The highest BCUT2D eigenvalue weighted by Crippen LogP contribution is 2.28. The fraction of sp³-hybridized carbons (Fsp3) is 0.0556. The van der Waals surface area contributed by atoms with Crippen molar-refractivity contribution in [2.75, 3.05) is 7.11 Å². The van der Waals surface area contributed by atoms with Gasteiger partial charge in [-0.2, -0.15) is 0 Å². The van der Waals surface area contributed by atoms with E-state index in [0.29, 0.717) is 11.3 Å². The molecule has 0 heterocycles. The van der Waals surface area contributed by atoms with Gasteiger partial charge in [-0.05, 0) is 40.1 Å². The smallest absolute Gasteiger partial charge is 0.153 e. The van der Waals surface area contributed by atoms with E-state index in [2.05, 4.69) is 30.3 Å². The van der Waals surface area contributed by atoms with E-state index in [1.165, 1.54) is 10.8 Å². The minimum atomic E-state index is 0.567. The van der Waals surface area contributed by atoms with Crippen LogP contribution in [-0.4, -0.2) is 13.4 Å². The molecule has 0 aliphatic heterocycles. The zero-order chi connectivity index (χ0) is 13.9. The standard InChI is InChI=1S/C18H14O2/c1-20-18-11-16(8-9-17(18)12-19)15-7-6-13-4-2-3-5-14(13)10-15/h2-12H,1H3. The maximum Gasteiger partial charge on any atom is 0.153 e. The molecule has 0 aliphatic carbocycles. The van der Waals surface area contributed by atoms with Gasteiger partial charge in [0, 0.05) is 0 Å². The quantitative estimate of drug-likeness (QED) is 0.657. The second-order valence-electron chi connectivity index (χ2n) is 4.64. The number of fused-ring (bicyclic) bond motifs is 1. The monoisotopic (exact) mass is 262 g/mol. The first-order chi connectivity index (χ1) is 9.81. The Morgan fingerprint density at radius 2 is 1.55 bits per heavy atom. The lowest BCUT2D eigenvalue weighted by Crippen LogP contribution is -1.91. The number of hydrogen-bond donors (Lipinski definition) is 0. The summed E-state index contributed by atoms with van der Waals surface area (Å²) in [5.41, 5.74) is 2.72. The van der Waals surface area contributed by atoms with Crippen molar-refractivity contribution >= 4 is 17.1 Å². The molecule has 0 amide bonds. The van der Waals surface area contributed by atoms with Crippen LogP contribution < -0.4 is 4.74 Å². The van der Waals surface area contributed by atoms with Gasteiger partial charge in [0.25, 0.3) is 0 Å². The summed E-state index contributed by atoms with van der Waals surface area (Å²) in [5.74, 6) is 0.602. The second-order valence-corrected chi connectivity index (χ2v) is 4.64. The number of carbonyl (C=O) groups is 1. The maximum absolute atomic E-state index is 10.9. The van der Waals surface area contributed by atoms with Crippen LogP contribution in [0.2, 0.25) is 0 Å². The van der Waals surface area contributed by atoms with Gasteiger partial charge >= 0.3 is 0 Å². The van der Waals surface area contributed by atoms with Crippen molar-refractivity contribution in [2.24, 2.45) is 0 Å². The Morgan fingerprint density at radius 3 is 2.30 bits per heavy atom. The zero-order valence-electron chi connectivity index (χ0n) is 11.2. The van der Waals surface area contributed by atoms with Crippen molar-refractivity contribution in [3.63, 3.8) is 0 Å². The third kappa shape index (κ3) is 2.16. The first kappa shape index (κ1) is 12.4. The van der Waals surface area contributed by atoms with Gasteiger partial charge in [0.2, 0.25) is 0 Å². The fourth-order valence-electron chi connectivity index (χ4n) is 2.36. The molecule has 0 spiro atoms. The molecule has 0 atom stereocenters. The lowest BCUT2D eigenvalue weighted by atomic mass is 10.00. The van der Waals surface area contributed by atoms with Crippen molar-refractivity contribution in [1.29, 1.82) is 0 Å². The molecular weight excluding hydrogens is 248 g/mol. The molecule has 0 aliphatic rings. The van der Waals surface area contributed by atoms with E-state index in [9.17, 15) is 4.79 Å². The predicted octanol–water partition coefficient (Wildman–Crippen LogP) is 4.33. The number of ether oxygens (including phenoxy) is 1. The summed E-state index contributed by atoms with van der Waals surface area (Å²) < 4.78 is 5.25. The van der Waals surface area contributed by atoms with E-state index in [1.807, 2.05) is 24.3 Å². The molecule has 20 heavy (non-hydrogen) atoms. The van der Waals surface area contributed by atoms with E-state index in [4.69, 9.17) is 4.74 Å². The van der Waals surface area contributed by atoms with Crippen molar-refractivity contribution in [3.8, 4) is 16.9 Å². The van der Waals surface area contributed by atoms with Crippen LogP contribution in [0, 0.1) is 0 Å². The van der Waals surface area contributed by atoms with Crippen LogP contribution in [0.3, 0.4) is 0 Å². The molecule has 3 aromatic rings. The third-order valence-corrected chi connectivity index (χ3v) is 3.44. The number of methoxy groups -OCH3 is 1. The van der Waals surface area contributed by atoms with Crippen LogP contribution in [0.15, 0.2) is 60.7 Å². The molecular formula is C18H14O2. The maximum atomic E-state index is 10.9. The van der Waals surface area contributed by atoms with Gasteiger partial charge in [0.05, 0.1) is 12.7 Å². The average molecular weight is 262 g/mol. The molecule has 0 bridgehead atoms. The molecule has 98 valence electrons. The van der Waals surface area contributed by atoms with E-state index in [0.717, 1.165) is 17.4 Å². The molecule has 0 N–H and O–H groups in total. The number of rotatable bonds is 3. The minimum absolute atomic E-state index is 0.567. The second kappa shape index (κ2) is 5.17. The van der Waals surface area contributed by atoms with Gasteiger partial charge in [-0.25, -0.2) is 0 Å². The highest BCUT2D eigenvalue weighted by atomic mass is 16.5. The van der Waals surface area contributed by atoms with E-state index < -0.39 is 0 Å².